The number of nitrogens with zero attached hydrogens (tertiary/aromatic N) is 2. The molecule has 0 saturated heterocycles. The van der Waals surface area contributed by atoms with Crippen LogP contribution in [-0.2, 0) is 17.9 Å². The summed E-state index contributed by atoms with van der Waals surface area (Å²) in [6.45, 7) is -0.305. The van der Waals surface area contributed by atoms with Crippen LogP contribution >= 0.6 is 22.9 Å². The molecule has 1 N–H and O–H groups in total. The Hall–Kier alpha value is -3.62. The number of carbonyl (C=O) groups is 1. The summed E-state index contributed by atoms with van der Waals surface area (Å²) < 4.78 is 9.03. The van der Waals surface area contributed by atoms with Gasteiger partial charge in [0.05, 0.1) is 29.0 Å². The second kappa shape index (κ2) is 8.14. The van der Waals surface area contributed by atoms with E-state index in [4.69, 9.17) is 16.0 Å². The molecule has 0 aliphatic rings. The van der Waals surface area contributed by atoms with Gasteiger partial charge in [0, 0.05) is 10.1 Å². The van der Waals surface area contributed by atoms with Crippen LogP contribution in [0.4, 0.5) is 5.69 Å². The number of anilines is 1. The van der Waals surface area contributed by atoms with Crippen molar-refractivity contribution in [2.45, 2.75) is 13.1 Å². The number of amides is 1. The van der Waals surface area contributed by atoms with Gasteiger partial charge in [-0.3, -0.25) is 18.7 Å². The van der Waals surface area contributed by atoms with Gasteiger partial charge in [0.2, 0.25) is 5.91 Å². The first-order valence-electron chi connectivity index (χ1n) is 9.74. The summed E-state index contributed by atoms with van der Waals surface area (Å²) in [5, 5.41) is 3.88. The summed E-state index contributed by atoms with van der Waals surface area (Å²) in [5.74, 6) is 0.0386. The Labute approximate surface area is 190 Å². The van der Waals surface area contributed by atoms with Crippen molar-refractivity contribution in [3.63, 3.8) is 0 Å². The van der Waals surface area contributed by atoms with Gasteiger partial charge in [0.1, 0.15) is 17.0 Å². The van der Waals surface area contributed by atoms with E-state index < -0.39 is 17.2 Å². The number of carbonyl (C=O) groups excluding carboxylic acids is 1. The third-order valence-corrected chi connectivity index (χ3v) is 6.56. The summed E-state index contributed by atoms with van der Waals surface area (Å²) in [6, 6.07) is 17.7. The predicted molar refractivity (Wildman–Crippen MR) is 126 cm³/mol. The Morgan fingerprint density at radius 3 is 2.56 bits per heavy atom. The highest BCUT2D eigenvalue weighted by Crippen LogP contribution is 2.31. The van der Waals surface area contributed by atoms with E-state index in [1.807, 2.05) is 24.3 Å². The predicted octanol–water partition coefficient (Wildman–Crippen LogP) is 4.31. The van der Waals surface area contributed by atoms with Crippen molar-refractivity contribution in [2.24, 2.45) is 0 Å². The maximum atomic E-state index is 13.4. The van der Waals surface area contributed by atoms with E-state index in [1.165, 1.54) is 22.2 Å². The Morgan fingerprint density at radius 1 is 1.00 bits per heavy atom. The van der Waals surface area contributed by atoms with Gasteiger partial charge in [-0.1, -0.05) is 41.9 Å². The quantitative estimate of drug-likeness (QED) is 0.419. The fourth-order valence-electron chi connectivity index (χ4n) is 3.64. The summed E-state index contributed by atoms with van der Waals surface area (Å²) in [5.41, 5.74) is -0.102. The van der Waals surface area contributed by atoms with Crippen molar-refractivity contribution in [1.82, 2.24) is 9.13 Å². The molecule has 0 atom stereocenters. The highest BCUT2D eigenvalue weighted by molar-refractivity contribution is 7.25. The summed E-state index contributed by atoms with van der Waals surface area (Å²) in [4.78, 5) is 39.5. The highest BCUT2D eigenvalue weighted by Gasteiger charge is 2.20. The zero-order valence-electron chi connectivity index (χ0n) is 16.6. The van der Waals surface area contributed by atoms with Gasteiger partial charge in [0.25, 0.3) is 5.56 Å². The van der Waals surface area contributed by atoms with Gasteiger partial charge in [0.15, 0.2) is 0 Å². The van der Waals surface area contributed by atoms with Crippen LogP contribution in [0.5, 0.6) is 0 Å². The third-order valence-electron chi connectivity index (χ3n) is 5.08. The van der Waals surface area contributed by atoms with Gasteiger partial charge in [-0.15, -0.1) is 11.3 Å². The zero-order chi connectivity index (χ0) is 22.2. The molecule has 7 nitrogen and oxygen atoms in total. The first-order chi connectivity index (χ1) is 15.5. The number of fused-ring (bicyclic) bond motifs is 3. The average Bonchev–Trinajstić information content (AvgIpc) is 3.44. The van der Waals surface area contributed by atoms with E-state index in [0.29, 0.717) is 26.7 Å². The number of benzene rings is 2. The van der Waals surface area contributed by atoms with Crippen LogP contribution in [0.1, 0.15) is 5.76 Å². The number of nitrogens with one attached hydrogen (secondary N) is 1. The molecule has 5 rings (SSSR count). The van der Waals surface area contributed by atoms with E-state index in [2.05, 4.69) is 5.32 Å². The lowest BCUT2D eigenvalue weighted by atomic mass is 10.2. The largest absolute Gasteiger partial charge is 0.467 e. The molecule has 0 saturated carbocycles. The van der Waals surface area contributed by atoms with Crippen molar-refractivity contribution >= 4 is 54.8 Å². The lowest BCUT2D eigenvalue weighted by Gasteiger charge is -2.13. The van der Waals surface area contributed by atoms with Crippen molar-refractivity contribution in [1.29, 1.82) is 0 Å². The Bertz CT molecular complexity index is 1580. The lowest BCUT2D eigenvalue weighted by molar-refractivity contribution is -0.116. The normalized spacial score (nSPS) is 11.3. The molecule has 3 aromatic heterocycles. The van der Waals surface area contributed by atoms with Crippen LogP contribution in [-0.4, -0.2) is 15.0 Å². The first kappa shape index (κ1) is 20.3. The summed E-state index contributed by atoms with van der Waals surface area (Å²) >= 11 is 7.44. The van der Waals surface area contributed by atoms with Crippen LogP contribution in [0.25, 0.3) is 20.3 Å². The van der Waals surface area contributed by atoms with Crippen LogP contribution < -0.4 is 16.6 Å². The lowest BCUT2D eigenvalue weighted by Crippen LogP contribution is -2.41. The highest BCUT2D eigenvalue weighted by atomic mass is 35.5. The van der Waals surface area contributed by atoms with E-state index in [1.54, 1.807) is 36.4 Å². The van der Waals surface area contributed by atoms with Crippen molar-refractivity contribution in [3.05, 3.63) is 98.5 Å². The molecule has 0 fully saturated rings. The number of thiophene rings is 1. The molecule has 0 spiro atoms. The fraction of sp³-hybridized carbons (Fsp3) is 0.0870. The van der Waals surface area contributed by atoms with Crippen molar-refractivity contribution < 1.29 is 9.21 Å². The van der Waals surface area contributed by atoms with Crippen LogP contribution in [0.2, 0.25) is 5.02 Å². The molecule has 0 aliphatic carbocycles. The third kappa shape index (κ3) is 3.53. The average molecular weight is 466 g/mol. The Morgan fingerprint density at radius 2 is 1.78 bits per heavy atom. The standard InChI is InChI=1S/C23H16ClN3O4S/c24-16-8-2-3-9-17(16)25-19(28)13-26-20-15-7-1-4-10-18(15)32-21(20)22(29)27(23(26)30)12-14-6-5-11-31-14/h1-11H,12-13H2,(H,25,28). The van der Waals surface area contributed by atoms with Crippen LogP contribution in [0.3, 0.4) is 0 Å². The maximum Gasteiger partial charge on any atom is 0.332 e. The molecule has 32 heavy (non-hydrogen) atoms. The summed E-state index contributed by atoms with van der Waals surface area (Å²) in [7, 11) is 0. The van der Waals surface area contributed by atoms with Gasteiger partial charge in [-0.2, -0.15) is 0 Å². The van der Waals surface area contributed by atoms with Crippen LogP contribution in [0, 0.1) is 0 Å². The SMILES string of the molecule is O=C(Cn1c(=O)n(Cc2ccco2)c(=O)c2sc3ccccc3c21)Nc1ccccc1Cl. The van der Waals surface area contributed by atoms with E-state index in [-0.39, 0.29) is 13.1 Å². The zero-order valence-corrected chi connectivity index (χ0v) is 18.2. The number of aromatic nitrogens is 2. The molecular weight excluding hydrogens is 450 g/mol. The van der Waals surface area contributed by atoms with Gasteiger partial charge >= 0.3 is 5.69 Å². The monoisotopic (exact) mass is 465 g/mol. The minimum Gasteiger partial charge on any atom is -0.467 e. The fourth-order valence-corrected chi connectivity index (χ4v) is 4.97. The number of hydrogen-bond donors (Lipinski definition) is 1. The minimum atomic E-state index is -0.586. The number of hydrogen-bond acceptors (Lipinski definition) is 5. The second-order valence-electron chi connectivity index (χ2n) is 7.14. The molecule has 9 heteroatoms. The molecule has 0 bridgehead atoms. The maximum absolute atomic E-state index is 13.4. The van der Waals surface area contributed by atoms with E-state index >= 15 is 0 Å². The summed E-state index contributed by atoms with van der Waals surface area (Å²) in [6.07, 6.45) is 1.48. The molecular formula is C23H16ClN3O4S. The number of rotatable bonds is 5. The smallest absolute Gasteiger partial charge is 0.332 e. The minimum absolute atomic E-state index is 0.0268. The van der Waals surface area contributed by atoms with Gasteiger partial charge in [-0.05, 0) is 30.3 Å². The molecule has 160 valence electrons. The molecule has 5 aromatic rings. The molecule has 0 unspecified atom stereocenters. The Kier molecular flexibility index (Phi) is 5.16. The van der Waals surface area contributed by atoms with Gasteiger partial charge in [-0.25, -0.2) is 4.79 Å². The Balaban J connectivity index is 1.67. The molecule has 3 heterocycles. The second-order valence-corrected chi connectivity index (χ2v) is 8.60. The molecule has 0 aliphatic heterocycles. The molecule has 0 radical (unpaired) electrons. The molecule has 1 amide bonds. The number of para-hydroxylation sites is 1. The molecule has 2 aromatic carbocycles. The topological polar surface area (TPSA) is 86.2 Å². The van der Waals surface area contributed by atoms with Crippen molar-refractivity contribution in [2.75, 3.05) is 5.32 Å². The van der Waals surface area contributed by atoms with Crippen molar-refractivity contribution in [3.8, 4) is 0 Å². The van der Waals surface area contributed by atoms with E-state index in [9.17, 15) is 14.4 Å². The first-order valence-corrected chi connectivity index (χ1v) is 10.9. The number of halogens is 1. The van der Waals surface area contributed by atoms with Gasteiger partial charge < -0.3 is 9.73 Å². The van der Waals surface area contributed by atoms with E-state index in [0.717, 1.165) is 14.7 Å². The number of furan rings is 1. The van der Waals surface area contributed by atoms with Crippen LogP contribution in [0.15, 0.2) is 80.9 Å².